The summed E-state index contributed by atoms with van der Waals surface area (Å²) in [4.78, 5) is 9.33. The molecule has 16 heavy (non-hydrogen) atoms. The highest BCUT2D eigenvalue weighted by Crippen LogP contribution is 2.30. The highest BCUT2D eigenvalue weighted by atomic mass is 35.5. The molecule has 0 spiro atoms. The van der Waals surface area contributed by atoms with E-state index in [4.69, 9.17) is 17.3 Å². The number of thiophene rings is 1. The molecule has 0 aromatic carbocycles. The first-order valence-corrected chi connectivity index (χ1v) is 6.01. The van der Waals surface area contributed by atoms with Crippen LogP contribution in [0.25, 0.3) is 10.6 Å². The molecule has 3 N–H and O–H groups in total. The van der Waals surface area contributed by atoms with Crippen molar-refractivity contribution in [3.63, 3.8) is 0 Å². The Labute approximate surface area is 102 Å². The highest BCUT2D eigenvalue weighted by molar-refractivity contribution is 7.19. The summed E-state index contributed by atoms with van der Waals surface area (Å²) in [6.45, 7) is 1.27. The Morgan fingerprint density at radius 1 is 1.38 bits per heavy atom. The quantitative estimate of drug-likeness (QED) is 0.878. The van der Waals surface area contributed by atoms with E-state index in [0.29, 0.717) is 13.1 Å². The van der Waals surface area contributed by atoms with Crippen LogP contribution >= 0.6 is 22.9 Å². The summed E-state index contributed by atoms with van der Waals surface area (Å²) in [5.41, 5.74) is 6.27. The molecular weight excluding hydrogens is 244 g/mol. The molecule has 0 amide bonds. The third-order valence-corrected chi connectivity index (χ3v) is 3.20. The van der Waals surface area contributed by atoms with E-state index in [1.54, 1.807) is 0 Å². The molecule has 2 rings (SSSR count). The van der Waals surface area contributed by atoms with Gasteiger partial charge in [0.05, 0.1) is 14.9 Å². The number of halogens is 1. The lowest BCUT2D eigenvalue weighted by Crippen LogP contribution is -2.13. The minimum Gasteiger partial charge on any atom is -0.369 e. The Balaban J connectivity index is 2.22. The molecule has 0 saturated carbocycles. The van der Waals surface area contributed by atoms with E-state index in [9.17, 15) is 0 Å². The Morgan fingerprint density at radius 3 is 2.94 bits per heavy atom. The van der Waals surface area contributed by atoms with Gasteiger partial charge in [-0.15, -0.1) is 11.3 Å². The molecule has 0 fully saturated rings. The van der Waals surface area contributed by atoms with Crippen LogP contribution in [0.1, 0.15) is 0 Å². The van der Waals surface area contributed by atoms with Crippen LogP contribution in [-0.4, -0.2) is 23.1 Å². The van der Waals surface area contributed by atoms with Crippen LogP contribution in [0.4, 0.5) is 5.82 Å². The van der Waals surface area contributed by atoms with Crippen LogP contribution in [0.5, 0.6) is 0 Å². The lowest BCUT2D eigenvalue weighted by molar-refractivity contribution is 1.01. The van der Waals surface area contributed by atoms with Crippen LogP contribution in [0.15, 0.2) is 24.5 Å². The van der Waals surface area contributed by atoms with E-state index in [0.717, 1.165) is 20.7 Å². The Morgan fingerprint density at radius 2 is 2.25 bits per heavy atom. The molecule has 0 aliphatic rings. The van der Waals surface area contributed by atoms with Crippen LogP contribution < -0.4 is 11.1 Å². The Bertz CT molecular complexity index is 471. The molecule has 0 bridgehead atoms. The third-order valence-electron chi connectivity index (χ3n) is 1.94. The van der Waals surface area contributed by atoms with E-state index >= 15 is 0 Å². The van der Waals surface area contributed by atoms with E-state index in [1.807, 2.05) is 18.2 Å². The summed E-state index contributed by atoms with van der Waals surface area (Å²) in [6, 6.07) is 5.69. The summed E-state index contributed by atoms with van der Waals surface area (Å²) in [6.07, 6.45) is 1.53. The molecule has 0 saturated heterocycles. The minimum atomic E-state index is 0.574. The number of anilines is 1. The second-order valence-corrected chi connectivity index (χ2v) is 4.82. The fourth-order valence-corrected chi connectivity index (χ4v) is 2.25. The maximum Gasteiger partial charge on any atom is 0.130 e. The van der Waals surface area contributed by atoms with Gasteiger partial charge in [-0.1, -0.05) is 11.6 Å². The molecule has 2 heterocycles. The molecule has 4 nitrogen and oxygen atoms in total. The maximum atomic E-state index is 5.88. The number of hydrogen-bond acceptors (Lipinski definition) is 5. The van der Waals surface area contributed by atoms with Gasteiger partial charge in [-0.2, -0.15) is 0 Å². The molecule has 0 radical (unpaired) electrons. The largest absolute Gasteiger partial charge is 0.369 e. The number of nitrogens with two attached hydrogens (primary N) is 1. The lowest BCUT2D eigenvalue weighted by atomic mass is 10.3. The van der Waals surface area contributed by atoms with E-state index in [1.165, 1.54) is 17.7 Å². The van der Waals surface area contributed by atoms with Crippen LogP contribution in [0.3, 0.4) is 0 Å². The fraction of sp³-hybridized carbons (Fsp3) is 0.200. The first kappa shape index (κ1) is 11.3. The molecule has 2 aromatic heterocycles. The molecule has 2 aromatic rings. The van der Waals surface area contributed by atoms with Crippen molar-refractivity contribution in [2.45, 2.75) is 0 Å². The summed E-state index contributed by atoms with van der Waals surface area (Å²) in [5, 5.41) is 3.11. The van der Waals surface area contributed by atoms with Crippen molar-refractivity contribution in [1.82, 2.24) is 9.97 Å². The number of rotatable bonds is 4. The Hall–Kier alpha value is -1.17. The average molecular weight is 255 g/mol. The fourth-order valence-electron chi connectivity index (χ4n) is 1.24. The summed E-state index contributed by atoms with van der Waals surface area (Å²) in [5.74, 6) is 0.778. The molecule has 0 atom stereocenters. The molecular formula is C10H11ClN4S. The summed E-state index contributed by atoms with van der Waals surface area (Å²) in [7, 11) is 0. The smallest absolute Gasteiger partial charge is 0.130 e. The first-order valence-electron chi connectivity index (χ1n) is 4.81. The maximum absolute atomic E-state index is 5.88. The van der Waals surface area contributed by atoms with E-state index < -0.39 is 0 Å². The van der Waals surface area contributed by atoms with Gasteiger partial charge >= 0.3 is 0 Å². The zero-order valence-electron chi connectivity index (χ0n) is 8.48. The van der Waals surface area contributed by atoms with Crippen molar-refractivity contribution in [3.8, 4) is 10.6 Å². The van der Waals surface area contributed by atoms with Gasteiger partial charge in [-0.05, 0) is 12.1 Å². The van der Waals surface area contributed by atoms with Gasteiger partial charge in [0.25, 0.3) is 0 Å². The summed E-state index contributed by atoms with van der Waals surface area (Å²) < 4.78 is 0.755. The van der Waals surface area contributed by atoms with Crippen molar-refractivity contribution >= 4 is 28.8 Å². The van der Waals surface area contributed by atoms with Gasteiger partial charge in [0, 0.05) is 19.2 Å². The zero-order chi connectivity index (χ0) is 11.4. The zero-order valence-corrected chi connectivity index (χ0v) is 10.1. The van der Waals surface area contributed by atoms with Gasteiger partial charge in [0.1, 0.15) is 12.1 Å². The highest BCUT2D eigenvalue weighted by Gasteiger charge is 2.04. The number of nitrogens with one attached hydrogen (secondary N) is 1. The second-order valence-electron chi connectivity index (χ2n) is 3.11. The second kappa shape index (κ2) is 5.25. The predicted octanol–water partition coefficient (Wildman–Crippen LogP) is 2.23. The van der Waals surface area contributed by atoms with Gasteiger partial charge < -0.3 is 11.1 Å². The predicted molar refractivity (Wildman–Crippen MR) is 67.9 cm³/mol. The van der Waals surface area contributed by atoms with Crippen molar-refractivity contribution in [2.75, 3.05) is 18.4 Å². The van der Waals surface area contributed by atoms with Crippen molar-refractivity contribution in [3.05, 3.63) is 28.9 Å². The number of nitrogens with zero attached hydrogens (tertiary/aromatic N) is 2. The summed E-state index contributed by atoms with van der Waals surface area (Å²) >= 11 is 7.37. The first-order chi connectivity index (χ1) is 7.79. The normalized spacial score (nSPS) is 10.4. The average Bonchev–Trinajstić information content (AvgIpc) is 2.74. The third kappa shape index (κ3) is 2.69. The minimum absolute atomic E-state index is 0.574. The van der Waals surface area contributed by atoms with Crippen molar-refractivity contribution in [1.29, 1.82) is 0 Å². The number of hydrogen-bond donors (Lipinski definition) is 2. The number of aromatic nitrogens is 2. The van der Waals surface area contributed by atoms with Crippen molar-refractivity contribution < 1.29 is 0 Å². The van der Waals surface area contributed by atoms with Gasteiger partial charge in [-0.3, -0.25) is 0 Å². The lowest BCUT2D eigenvalue weighted by Gasteiger charge is -2.04. The van der Waals surface area contributed by atoms with E-state index in [2.05, 4.69) is 15.3 Å². The molecule has 6 heteroatoms. The van der Waals surface area contributed by atoms with Crippen LogP contribution in [0.2, 0.25) is 4.34 Å². The van der Waals surface area contributed by atoms with Crippen molar-refractivity contribution in [2.24, 2.45) is 5.73 Å². The monoisotopic (exact) mass is 254 g/mol. The van der Waals surface area contributed by atoms with Crippen LogP contribution in [-0.2, 0) is 0 Å². The van der Waals surface area contributed by atoms with Crippen LogP contribution in [0, 0.1) is 0 Å². The van der Waals surface area contributed by atoms with Gasteiger partial charge in [-0.25, -0.2) is 9.97 Å². The topological polar surface area (TPSA) is 63.8 Å². The Kier molecular flexibility index (Phi) is 3.71. The van der Waals surface area contributed by atoms with E-state index in [-0.39, 0.29) is 0 Å². The van der Waals surface area contributed by atoms with Gasteiger partial charge in [0.2, 0.25) is 0 Å². The standard InChI is InChI=1S/C10H11ClN4S/c11-9-2-1-8(16-9)7-5-10(13-4-3-12)15-6-14-7/h1-2,5-6H,3-4,12H2,(H,13,14,15). The van der Waals surface area contributed by atoms with Gasteiger partial charge in [0.15, 0.2) is 0 Å². The molecule has 84 valence electrons. The molecule has 0 aliphatic carbocycles. The SMILES string of the molecule is NCCNc1cc(-c2ccc(Cl)s2)ncn1. The molecule has 0 aliphatic heterocycles. The molecule has 0 unspecified atom stereocenters.